The molecule has 2 aromatic rings. The van der Waals surface area contributed by atoms with Crippen molar-refractivity contribution in [2.24, 2.45) is 0 Å². The Morgan fingerprint density at radius 1 is 1.05 bits per heavy atom. The first-order valence-corrected chi connectivity index (χ1v) is 9.86. The number of benzene rings is 2. The standard InChI is InChI=1S/C16H21N3O2Si/c1-21-22(2,3)15-6-4-14(5-7-15)19-16(20)11-8-12(17)10-13(18)9-11/h4-10H,17-18H2,1-3H3,(H,19,20). The van der Waals surface area contributed by atoms with Crippen molar-refractivity contribution in [3.63, 3.8) is 0 Å². The average molecular weight is 315 g/mol. The third kappa shape index (κ3) is 3.66. The first-order valence-electron chi connectivity index (χ1n) is 6.95. The molecule has 6 heteroatoms. The molecule has 1 amide bonds. The van der Waals surface area contributed by atoms with Crippen molar-refractivity contribution in [3.05, 3.63) is 48.0 Å². The van der Waals surface area contributed by atoms with E-state index in [1.165, 1.54) is 5.19 Å². The highest BCUT2D eigenvalue weighted by Gasteiger charge is 2.23. The SMILES string of the molecule is CO[Si](C)(C)c1ccc(NC(=O)c2cc(N)cc(N)c2)cc1. The molecular weight excluding hydrogens is 294 g/mol. The van der Waals surface area contributed by atoms with Gasteiger partial charge in [0.1, 0.15) is 0 Å². The number of nitrogens with one attached hydrogen (secondary N) is 1. The van der Waals surface area contributed by atoms with Crippen LogP contribution >= 0.6 is 0 Å². The number of hydrogen-bond donors (Lipinski definition) is 3. The molecule has 0 unspecified atom stereocenters. The fourth-order valence-corrected chi connectivity index (χ4v) is 3.29. The van der Waals surface area contributed by atoms with Crippen molar-refractivity contribution in [2.45, 2.75) is 13.1 Å². The van der Waals surface area contributed by atoms with Gasteiger partial charge < -0.3 is 21.2 Å². The van der Waals surface area contributed by atoms with E-state index in [0.29, 0.717) is 16.9 Å². The summed E-state index contributed by atoms with van der Waals surface area (Å²) in [5.41, 5.74) is 13.5. The highest BCUT2D eigenvalue weighted by molar-refractivity contribution is 6.84. The van der Waals surface area contributed by atoms with Crippen LogP contribution in [-0.4, -0.2) is 21.3 Å². The summed E-state index contributed by atoms with van der Waals surface area (Å²) in [5, 5.41) is 4.00. The molecule has 2 aromatic carbocycles. The van der Waals surface area contributed by atoms with Crippen molar-refractivity contribution in [1.29, 1.82) is 0 Å². The fourth-order valence-electron chi connectivity index (χ4n) is 2.08. The van der Waals surface area contributed by atoms with E-state index in [4.69, 9.17) is 15.9 Å². The van der Waals surface area contributed by atoms with Gasteiger partial charge >= 0.3 is 0 Å². The summed E-state index contributed by atoms with van der Waals surface area (Å²) in [7, 11) is -0.113. The highest BCUT2D eigenvalue weighted by Crippen LogP contribution is 2.16. The lowest BCUT2D eigenvalue weighted by atomic mass is 10.1. The van der Waals surface area contributed by atoms with Crippen LogP contribution in [0, 0.1) is 0 Å². The summed E-state index contributed by atoms with van der Waals surface area (Å²) in [6.45, 7) is 4.24. The Hall–Kier alpha value is -2.31. The van der Waals surface area contributed by atoms with Crippen LogP contribution in [0.2, 0.25) is 13.1 Å². The zero-order valence-electron chi connectivity index (χ0n) is 13.0. The molecule has 5 N–H and O–H groups in total. The van der Waals surface area contributed by atoms with E-state index in [0.717, 1.165) is 5.69 Å². The Bertz CT molecular complexity index is 664. The van der Waals surface area contributed by atoms with Crippen LogP contribution < -0.4 is 22.0 Å². The monoisotopic (exact) mass is 315 g/mol. The topological polar surface area (TPSA) is 90.4 Å². The second-order valence-electron chi connectivity index (χ2n) is 5.63. The Balaban J connectivity index is 2.15. The Kier molecular flexibility index (Phi) is 4.53. The molecule has 2 rings (SSSR count). The number of hydrogen-bond acceptors (Lipinski definition) is 4. The number of amides is 1. The molecule has 5 nitrogen and oxygen atoms in total. The van der Waals surface area contributed by atoms with E-state index in [-0.39, 0.29) is 5.91 Å². The molecule has 0 spiro atoms. The fraction of sp³-hybridized carbons (Fsp3) is 0.188. The molecule has 0 heterocycles. The molecular formula is C16H21N3O2Si. The van der Waals surface area contributed by atoms with Gasteiger partial charge in [-0.05, 0) is 48.6 Å². The molecule has 0 aliphatic heterocycles. The van der Waals surface area contributed by atoms with Crippen molar-refractivity contribution >= 4 is 36.5 Å². The van der Waals surface area contributed by atoms with Gasteiger partial charge in [0, 0.05) is 29.7 Å². The summed E-state index contributed by atoms with van der Waals surface area (Å²) in [6.07, 6.45) is 0. The van der Waals surface area contributed by atoms with Gasteiger partial charge in [-0.25, -0.2) is 0 Å². The maximum absolute atomic E-state index is 12.2. The van der Waals surface area contributed by atoms with E-state index in [2.05, 4.69) is 18.4 Å². The van der Waals surface area contributed by atoms with Crippen LogP contribution in [0.3, 0.4) is 0 Å². The van der Waals surface area contributed by atoms with E-state index >= 15 is 0 Å². The van der Waals surface area contributed by atoms with Crippen molar-refractivity contribution in [1.82, 2.24) is 0 Å². The predicted molar refractivity (Wildman–Crippen MR) is 93.8 cm³/mol. The molecule has 0 fully saturated rings. The minimum absolute atomic E-state index is 0.241. The second kappa shape index (κ2) is 6.21. The first-order chi connectivity index (χ1) is 10.3. The van der Waals surface area contributed by atoms with Gasteiger partial charge in [0.25, 0.3) is 5.91 Å². The van der Waals surface area contributed by atoms with Gasteiger partial charge in [0.05, 0.1) is 0 Å². The predicted octanol–water partition coefficient (Wildman–Crippen LogP) is 2.16. The van der Waals surface area contributed by atoms with Crippen molar-refractivity contribution in [2.75, 3.05) is 23.9 Å². The normalized spacial score (nSPS) is 11.2. The largest absolute Gasteiger partial charge is 0.416 e. The molecule has 0 aliphatic carbocycles. The smallest absolute Gasteiger partial charge is 0.255 e. The zero-order valence-corrected chi connectivity index (χ0v) is 14.0. The second-order valence-corrected chi connectivity index (χ2v) is 9.64. The average Bonchev–Trinajstić information content (AvgIpc) is 2.46. The number of carbonyl (C=O) groups excluding carboxylic acids is 1. The maximum Gasteiger partial charge on any atom is 0.255 e. The quantitative estimate of drug-likeness (QED) is 0.596. The number of nitrogens with two attached hydrogens (primary N) is 2. The Morgan fingerprint density at radius 3 is 2.09 bits per heavy atom. The Labute approximate surface area is 131 Å². The van der Waals surface area contributed by atoms with E-state index < -0.39 is 8.32 Å². The minimum atomic E-state index is -1.84. The summed E-state index contributed by atoms with van der Waals surface area (Å²) >= 11 is 0. The highest BCUT2D eigenvalue weighted by atomic mass is 28.4. The molecule has 22 heavy (non-hydrogen) atoms. The number of nitrogen functional groups attached to an aromatic ring is 2. The van der Waals surface area contributed by atoms with Gasteiger partial charge in [-0.1, -0.05) is 12.1 Å². The van der Waals surface area contributed by atoms with Crippen molar-refractivity contribution in [3.8, 4) is 0 Å². The lowest BCUT2D eigenvalue weighted by molar-refractivity contribution is 0.102. The lowest BCUT2D eigenvalue weighted by Crippen LogP contribution is -2.43. The Morgan fingerprint density at radius 2 is 1.59 bits per heavy atom. The summed E-state index contributed by atoms with van der Waals surface area (Å²) in [4.78, 5) is 12.2. The molecule has 0 aliphatic rings. The first kappa shape index (κ1) is 16.1. The van der Waals surface area contributed by atoms with Gasteiger partial charge in [-0.15, -0.1) is 0 Å². The molecule has 0 saturated carbocycles. The van der Waals surface area contributed by atoms with Crippen LogP contribution in [0.1, 0.15) is 10.4 Å². The van der Waals surface area contributed by atoms with Gasteiger partial charge in [0.2, 0.25) is 8.32 Å². The van der Waals surface area contributed by atoms with E-state index in [1.54, 1.807) is 25.3 Å². The number of rotatable bonds is 4. The summed E-state index contributed by atoms with van der Waals surface area (Å²) in [5.74, 6) is -0.241. The molecule has 0 radical (unpaired) electrons. The van der Waals surface area contributed by atoms with Crippen LogP contribution in [-0.2, 0) is 4.43 Å². The van der Waals surface area contributed by atoms with Crippen LogP contribution in [0.4, 0.5) is 17.1 Å². The summed E-state index contributed by atoms with van der Waals surface area (Å²) in [6, 6.07) is 12.5. The van der Waals surface area contributed by atoms with Gasteiger partial charge in [-0.3, -0.25) is 4.79 Å². The van der Waals surface area contributed by atoms with Gasteiger partial charge in [0.15, 0.2) is 0 Å². The lowest BCUT2D eigenvalue weighted by Gasteiger charge is -2.20. The third-order valence-electron chi connectivity index (χ3n) is 3.59. The third-order valence-corrected chi connectivity index (χ3v) is 6.33. The molecule has 0 atom stereocenters. The molecule has 0 aromatic heterocycles. The molecule has 0 saturated heterocycles. The van der Waals surface area contributed by atoms with Crippen LogP contribution in [0.15, 0.2) is 42.5 Å². The maximum atomic E-state index is 12.2. The number of anilines is 3. The summed E-state index contributed by atoms with van der Waals surface area (Å²) < 4.78 is 5.56. The molecule has 116 valence electrons. The van der Waals surface area contributed by atoms with Crippen LogP contribution in [0.5, 0.6) is 0 Å². The minimum Gasteiger partial charge on any atom is -0.416 e. The zero-order chi connectivity index (χ0) is 16.3. The van der Waals surface area contributed by atoms with Crippen molar-refractivity contribution < 1.29 is 9.22 Å². The number of carbonyl (C=O) groups is 1. The van der Waals surface area contributed by atoms with Gasteiger partial charge in [-0.2, -0.15) is 0 Å². The van der Waals surface area contributed by atoms with E-state index in [9.17, 15) is 4.79 Å². The van der Waals surface area contributed by atoms with E-state index in [1.807, 2.05) is 24.3 Å². The molecule has 0 bridgehead atoms. The van der Waals surface area contributed by atoms with Crippen LogP contribution in [0.25, 0.3) is 0 Å².